The monoisotopic (exact) mass is 616 g/mol. The molecule has 2 N–H and O–H groups in total. The fraction of sp³-hybridized carbons (Fsp3) is 0.484. The zero-order valence-electron chi connectivity index (χ0n) is 24.1. The SMILES string of the molecule is CCC(C)S(=O)(=O)c1cccc(OCC(O)CNC2COC3(CCN(S(=O)(=O)c4ccc5ccccc5c4)CC3)C2)c1. The number of hydrogen-bond acceptors (Lipinski definition) is 8. The first kappa shape index (κ1) is 30.9. The number of fused-ring (bicyclic) bond motifs is 1. The summed E-state index contributed by atoms with van der Waals surface area (Å²) in [4.78, 5) is 0.524. The minimum absolute atomic E-state index is 0.0140. The van der Waals surface area contributed by atoms with E-state index in [-0.39, 0.29) is 29.7 Å². The molecular formula is C31H40N2O7S2. The Hall–Kier alpha value is -2.54. The highest BCUT2D eigenvalue weighted by molar-refractivity contribution is 7.92. The Balaban J connectivity index is 1.09. The smallest absolute Gasteiger partial charge is 0.243 e. The van der Waals surface area contributed by atoms with Crippen LogP contribution in [0, 0.1) is 0 Å². The fourth-order valence-electron chi connectivity index (χ4n) is 5.68. The summed E-state index contributed by atoms with van der Waals surface area (Å²) < 4.78 is 65.5. The molecule has 3 unspecified atom stereocenters. The van der Waals surface area contributed by atoms with Crippen molar-refractivity contribution in [3.05, 3.63) is 66.7 Å². The van der Waals surface area contributed by atoms with Crippen molar-refractivity contribution in [3.63, 3.8) is 0 Å². The van der Waals surface area contributed by atoms with Crippen LogP contribution in [0.5, 0.6) is 5.75 Å². The van der Waals surface area contributed by atoms with Crippen LogP contribution in [0.4, 0.5) is 0 Å². The Labute approximate surface area is 248 Å². The van der Waals surface area contributed by atoms with E-state index < -0.39 is 31.2 Å². The largest absolute Gasteiger partial charge is 0.491 e. The van der Waals surface area contributed by atoms with Crippen LogP contribution < -0.4 is 10.1 Å². The number of benzene rings is 3. The summed E-state index contributed by atoms with van der Waals surface area (Å²) in [6.07, 6.45) is 1.68. The number of hydrogen-bond donors (Lipinski definition) is 2. The maximum absolute atomic E-state index is 13.4. The molecule has 42 heavy (non-hydrogen) atoms. The summed E-state index contributed by atoms with van der Waals surface area (Å²) in [7, 11) is -7.02. The Morgan fingerprint density at radius 1 is 1.00 bits per heavy atom. The molecule has 5 rings (SSSR count). The van der Waals surface area contributed by atoms with E-state index in [0.717, 1.165) is 17.2 Å². The summed E-state index contributed by atoms with van der Waals surface area (Å²) in [6, 6.07) is 19.4. The van der Waals surface area contributed by atoms with Crippen LogP contribution in [0.3, 0.4) is 0 Å². The minimum atomic E-state index is -3.60. The van der Waals surface area contributed by atoms with Crippen LogP contribution in [0.25, 0.3) is 10.8 Å². The van der Waals surface area contributed by atoms with E-state index in [2.05, 4.69) is 5.32 Å². The van der Waals surface area contributed by atoms with Gasteiger partial charge in [-0.05, 0) is 73.7 Å². The topological polar surface area (TPSA) is 122 Å². The standard InChI is InChI=1S/C31H40N2O7S2/c1-3-23(2)41(35,36)29-10-6-9-28(18-29)39-22-27(34)20-32-26-19-31(40-21-26)13-15-33(16-14-31)42(37,38)30-12-11-24-7-4-5-8-25(24)17-30/h4-12,17-18,23,26-27,32,34H,3,13-16,19-22H2,1-2H3. The lowest BCUT2D eigenvalue weighted by molar-refractivity contribution is -0.0312. The normalized spacial score (nSPS) is 21.0. The molecule has 2 aliphatic rings. The molecule has 3 aromatic rings. The molecular weight excluding hydrogens is 576 g/mol. The zero-order chi connectivity index (χ0) is 30.0. The van der Waals surface area contributed by atoms with Gasteiger partial charge in [0, 0.05) is 25.7 Å². The third kappa shape index (κ3) is 6.66. The predicted molar refractivity (Wildman–Crippen MR) is 162 cm³/mol. The number of aliphatic hydroxyl groups is 1. The van der Waals surface area contributed by atoms with E-state index in [1.807, 2.05) is 37.3 Å². The molecule has 2 fully saturated rings. The Kier molecular flexibility index (Phi) is 9.27. The summed E-state index contributed by atoms with van der Waals surface area (Å²) in [5.74, 6) is 0.395. The molecule has 2 aliphatic heterocycles. The van der Waals surface area contributed by atoms with Crippen LogP contribution >= 0.6 is 0 Å². The van der Waals surface area contributed by atoms with Gasteiger partial charge in [-0.15, -0.1) is 0 Å². The van der Waals surface area contributed by atoms with Crippen molar-refractivity contribution in [1.29, 1.82) is 0 Å². The van der Waals surface area contributed by atoms with Gasteiger partial charge in [0.2, 0.25) is 10.0 Å². The molecule has 0 saturated carbocycles. The van der Waals surface area contributed by atoms with Crippen LogP contribution in [0.1, 0.15) is 39.5 Å². The molecule has 1 spiro atoms. The fourth-order valence-corrected chi connectivity index (χ4v) is 8.61. The first-order valence-electron chi connectivity index (χ1n) is 14.5. The van der Waals surface area contributed by atoms with Crippen molar-refractivity contribution < 1.29 is 31.4 Å². The van der Waals surface area contributed by atoms with Crippen molar-refractivity contribution in [2.24, 2.45) is 0 Å². The van der Waals surface area contributed by atoms with Crippen molar-refractivity contribution in [3.8, 4) is 5.75 Å². The summed E-state index contributed by atoms with van der Waals surface area (Å²) >= 11 is 0. The van der Waals surface area contributed by atoms with E-state index >= 15 is 0 Å². The average molecular weight is 617 g/mol. The third-order valence-electron chi connectivity index (χ3n) is 8.52. The number of piperidine rings is 1. The average Bonchev–Trinajstić information content (AvgIpc) is 3.40. The first-order chi connectivity index (χ1) is 20.0. The van der Waals surface area contributed by atoms with Gasteiger partial charge in [-0.3, -0.25) is 0 Å². The van der Waals surface area contributed by atoms with Gasteiger partial charge in [-0.25, -0.2) is 16.8 Å². The number of aliphatic hydroxyl groups excluding tert-OH is 1. The predicted octanol–water partition coefficient (Wildman–Crippen LogP) is 3.75. The molecule has 0 radical (unpaired) electrons. The van der Waals surface area contributed by atoms with Gasteiger partial charge in [0.1, 0.15) is 18.5 Å². The van der Waals surface area contributed by atoms with Gasteiger partial charge in [-0.1, -0.05) is 43.3 Å². The van der Waals surface area contributed by atoms with Crippen molar-refractivity contribution >= 4 is 30.6 Å². The van der Waals surface area contributed by atoms with E-state index in [1.54, 1.807) is 41.6 Å². The lowest BCUT2D eigenvalue weighted by Crippen LogP contribution is -2.47. The highest BCUT2D eigenvalue weighted by Crippen LogP contribution is 2.37. The number of rotatable bonds is 11. The molecule has 0 bridgehead atoms. The van der Waals surface area contributed by atoms with Gasteiger partial charge < -0.3 is 19.9 Å². The van der Waals surface area contributed by atoms with Crippen LogP contribution in [-0.2, 0) is 24.6 Å². The van der Waals surface area contributed by atoms with Crippen molar-refractivity contribution in [2.45, 2.75) is 72.3 Å². The van der Waals surface area contributed by atoms with Crippen LogP contribution in [0.15, 0.2) is 76.5 Å². The maximum Gasteiger partial charge on any atom is 0.243 e. The van der Waals surface area contributed by atoms with Gasteiger partial charge in [0.05, 0.1) is 27.2 Å². The van der Waals surface area contributed by atoms with E-state index in [4.69, 9.17) is 9.47 Å². The summed E-state index contributed by atoms with van der Waals surface area (Å²) in [6.45, 7) is 5.10. The molecule has 2 saturated heterocycles. The Bertz CT molecular complexity index is 1600. The number of nitrogens with one attached hydrogen (secondary N) is 1. The molecule has 3 atom stereocenters. The molecule has 3 aromatic carbocycles. The number of nitrogens with zero attached hydrogens (tertiary/aromatic N) is 1. The molecule has 0 aromatic heterocycles. The van der Waals surface area contributed by atoms with Crippen molar-refractivity contribution in [1.82, 2.24) is 9.62 Å². The number of sulfone groups is 1. The number of ether oxygens (including phenoxy) is 2. The Morgan fingerprint density at radius 2 is 1.74 bits per heavy atom. The molecule has 11 heteroatoms. The van der Waals surface area contributed by atoms with Gasteiger partial charge >= 0.3 is 0 Å². The van der Waals surface area contributed by atoms with Gasteiger partial charge in [0.15, 0.2) is 9.84 Å². The lowest BCUT2D eigenvalue weighted by Gasteiger charge is -2.38. The maximum atomic E-state index is 13.4. The second-order valence-electron chi connectivity index (χ2n) is 11.4. The van der Waals surface area contributed by atoms with Crippen LogP contribution in [0.2, 0.25) is 0 Å². The minimum Gasteiger partial charge on any atom is -0.491 e. The third-order valence-corrected chi connectivity index (χ3v) is 12.7. The second-order valence-corrected chi connectivity index (χ2v) is 15.7. The highest BCUT2D eigenvalue weighted by atomic mass is 32.2. The molecule has 9 nitrogen and oxygen atoms in total. The first-order valence-corrected chi connectivity index (χ1v) is 17.5. The quantitative estimate of drug-likeness (QED) is 0.334. The van der Waals surface area contributed by atoms with E-state index in [1.165, 1.54) is 6.07 Å². The molecule has 0 amide bonds. The zero-order valence-corrected chi connectivity index (χ0v) is 25.7. The number of sulfonamides is 1. The van der Waals surface area contributed by atoms with Crippen molar-refractivity contribution in [2.75, 3.05) is 32.8 Å². The molecule has 2 heterocycles. The van der Waals surface area contributed by atoms with E-state index in [0.29, 0.717) is 49.6 Å². The van der Waals surface area contributed by atoms with Gasteiger partial charge in [-0.2, -0.15) is 4.31 Å². The molecule has 228 valence electrons. The molecule has 0 aliphatic carbocycles. The second kappa shape index (κ2) is 12.6. The summed E-state index contributed by atoms with van der Waals surface area (Å²) in [5, 5.41) is 15.3. The van der Waals surface area contributed by atoms with Crippen LogP contribution in [-0.4, -0.2) is 82.1 Å². The highest BCUT2D eigenvalue weighted by Gasteiger charge is 2.44. The summed E-state index contributed by atoms with van der Waals surface area (Å²) in [5.41, 5.74) is -0.379. The van der Waals surface area contributed by atoms with E-state index in [9.17, 15) is 21.9 Å². The lowest BCUT2D eigenvalue weighted by atomic mass is 9.88. The van der Waals surface area contributed by atoms with Gasteiger partial charge in [0.25, 0.3) is 0 Å². The Morgan fingerprint density at radius 3 is 2.48 bits per heavy atom.